The zero-order chi connectivity index (χ0) is 20.4. The second-order valence-electron chi connectivity index (χ2n) is 6.55. The Hall–Kier alpha value is -3.30. The van der Waals surface area contributed by atoms with Crippen LogP contribution in [-0.4, -0.2) is 33.7 Å². The third-order valence-corrected chi connectivity index (χ3v) is 4.19. The van der Waals surface area contributed by atoms with Gasteiger partial charge in [-0.3, -0.25) is 0 Å². The number of alkyl halides is 3. The lowest BCUT2D eigenvalue weighted by Gasteiger charge is -2.34. The molecule has 0 amide bonds. The quantitative estimate of drug-likeness (QED) is 0.602. The van der Waals surface area contributed by atoms with Crippen molar-refractivity contribution in [2.75, 3.05) is 0 Å². The van der Waals surface area contributed by atoms with E-state index in [4.69, 9.17) is 14.0 Å². The van der Waals surface area contributed by atoms with Gasteiger partial charge in [-0.25, -0.2) is 9.97 Å². The normalized spacial score (nSPS) is 18.8. The second-order valence-corrected chi connectivity index (χ2v) is 6.55. The summed E-state index contributed by atoms with van der Waals surface area (Å²) in [6, 6.07) is 7.20. The fourth-order valence-electron chi connectivity index (χ4n) is 2.81. The van der Waals surface area contributed by atoms with E-state index in [0.29, 0.717) is 35.9 Å². The zero-order valence-corrected chi connectivity index (χ0v) is 15.2. The SMILES string of the molecule is Cc1cc(-c2cnc(OC3CC(Oc4cccc(OC(F)(F)F)c4)C3)cn2)on1. The van der Waals surface area contributed by atoms with Gasteiger partial charge in [-0.1, -0.05) is 11.2 Å². The van der Waals surface area contributed by atoms with Crippen LogP contribution in [0.3, 0.4) is 0 Å². The maximum absolute atomic E-state index is 12.3. The summed E-state index contributed by atoms with van der Waals surface area (Å²) in [5, 5.41) is 3.80. The molecule has 0 spiro atoms. The summed E-state index contributed by atoms with van der Waals surface area (Å²) in [5.74, 6) is 0.880. The summed E-state index contributed by atoms with van der Waals surface area (Å²) in [5.41, 5.74) is 1.30. The number of rotatable bonds is 6. The van der Waals surface area contributed by atoms with Crippen LogP contribution in [-0.2, 0) is 0 Å². The third kappa shape index (κ3) is 4.95. The first-order valence-electron chi connectivity index (χ1n) is 8.79. The summed E-state index contributed by atoms with van der Waals surface area (Å²) in [6.07, 6.45) is -0.818. The predicted molar refractivity (Wildman–Crippen MR) is 93.5 cm³/mol. The molecule has 0 saturated heterocycles. The first-order valence-corrected chi connectivity index (χ1v) is 8.79. The lowest BCUT2D eigenvalue weighted by Crippen LogP contribution is -2.41. The van der Waals surface area contributed by atoms with Crippen molar-refractivity contribution < 1.29 is 31.9 Å². The Morgan fingerprint density at radius 2 is 1.76 bits per heavy atom. The molecule has 2 aromatic heterocycles. The van der Waals surface area contributed by atoms with E-state index < -0.39 is 6.36 Å². The molecule has 1 fully saturated rings. The summed E-state index contributed by atoms with van der Waals surface area (Å²) in [4.78, 5) is 8.45. The van der Waals surface area contributed by atoms with E-state index in [0.717, 1.165) is 5.69 Å². The van der Waals surface area contributed by atoms with Crippen molar-refractivity contribution >= 4 is 0 Å². The van der Waals surface area contributed by atoms with E-state index in [9.17, 15) is 13.2 Å². The number of aryl methyl sites for hydroxylation is 1. The van der Waals surface area contributed by atoms with E-state index in [2.05, 4.69) is 19.9 Å². The highest BCUT2D eigenvalue weighted by molar-refractivity contribution is 5.50. The molecule has 1 aliphatic rings. The van der Waals surface area contributed by atoms with Crippen LogP contribution in [0.15, 0.2) is 47.2 Å². The Kier molecular flexibility index (Phi) is 4.99. The van der Waals surface area contributed by atoms with Gasteiger partial charge in [0.2, 0.25) is 5.88 Å². The van der Waals surface area contributed by atoms with E-state index in [1.807, 2.05) is 6.92 Å². The van der Waals surface area contributed by atoms with Crippen LogP contribution in [0.25, 0.3) is 11.5 Å². The van der Waals surface area contributed by atoms with E-state index in [1.54, 1.807) is 12.1 Å². The molecule has 1 saturated carbocycles. The standard InChI is InChI=1S/C19H16F3N3O4/c1-11-5-17(29-25-11)16-9-24-18(10-23-16)27-15-7-14(8-15)26-12-3-2-4-13(6-12)28-19(20,21)22/h2-6,9-10,14-15H,7-8H2,1H3. The molecule has 1 aliphatic carbocycles. The van der Waals surface area contributed by atoms with Crippen molar-refractivity contribution in [2.24, 2.45) is 0 Å². The van der Waals surface area contributed by atoms with Crippen molar-refractivity contribution in [2.45, 2.75) is 38.3 Å². The van der Waals surface area contributed by atoms with Gasteiger partial charge in [-0.15, -0.1) is 13.2 Å². The summed E-state index contributed by atoms with van der Waals surface area (Å²) in [7, 11) is 0. The van der Waals surface area contributed by atoms with Crippen LogP contribution in [0.4, 0.5) is 13.2 Å². The Morgan fingerprint density at radius 3 is 2.41 bits per heavy atom. The molecule has 0 aliphatic heterocycles. The molecule has 4 rings (SSSR count). The molecule has 0 N–H and O–H groups in total. The number of hydrogen-bond acceptors (Lipinski definition) is 7. The molecular weight excluding hydrogens is 391 g/mol. The monoisotopic (exact) mass is 407 g/mol. The molecule has 2 heterocycles. The molecule has 7 nitrogen and oxygen atoms in total. The minimum atomic E-state index is -4.74. The van der Waals surface area contributed by atoms with Crippen molar-refractivity contribution in [1.29, 1.82) is 0 Å². The summed E-state index contributed by atoms with van der Waals surface area (Å²) in [6.45, 7) is 1.81. The molecule has 3 aromatic rings. The van der Waals surface area contributed by atoms with Gasteiger partial charge < -0.3 is 18.7 Å². The van der Waals surface area contributed by atoms with E-state index in [-0.39, 0.29) is 18.0 Å². The first-order chi connectivity index (χ1) is 13.8. The topological polar surface area (TPSA) is 79.5 Å². The lowest BCUT2D eigenvalue weighted by molar-refractivity contribution is -0.274. The molecule has 0 atom stereocenters. The van der Waals surface area contributed by atoms with Crippen LogP contribution in [0.5, 0.6) is 17.4 Å². The largest absolute Gasteiger partial charge is 0.573 e. The van der Waals surface area contributed by atoms with Crippen LogP contribution in [0.1, 0.15) is 18.5 Å². The van der Waals surface area contributed by atoms with E-state index >= 15 is 0 Å². The van der Waals surface area contributed by atoms with E-state index in [1.165, 1.54) is 30.6 Å². The molecular formula is C19H16F3N3O4. The maximum Gasteiger partial charge on any atom is 0.573 e. The molecule has 1 aromatic carbocycles. The highest BCUT2D eigenvalue weighted by Gasteiger charge is 2.34. The Bertz CT molecular complexity index is 969. The van der Waals surface area contributed by atoms with Gasteiger partial charge in [0.15, 0.2) is 5.76 Å². The van der Waals surface area contributed by atoms with Crippen LogP contribution in [0.2, 0.25) is 0 Å². The van der Waals surface area contributed by atoms with Gasteiger partial charge in [0.1, 0.15) is 29.4 Å². The fourth-order valence-corrected chi connectivity index (χ4v) is 2.81. The van der Waals surface area contributed by atoms with Gasteiger partial charge in [0, 0.05) is 25.0 Å². The number of halogens is 3. The smallest absolute Gasteiger partial charge is 0.490 e. The molecule has 152 valence electrons. The maximum atomic E-state index is 12.3. The number of ether oxygens (including phenoxy) is 3. The molecule has 0 bridgehead atoms. The predicted octanol–water partition coefficient (Wildman–Crippen LogP) is 4.33. The number of hydrogen-bond donors (Lipinski definition) is 0. The molecule has 29 heavy (non-hydrogen) atoms. The number of aromatic nitrogens is 3. The molecule has 0 radical (unpaired) electrons. The average molecular weight is 407 g/mol. The highest BCUT2D eigenvalue weighted by atomic mass is 19.4. The Morgan fingerprint density at radius 1 is 1.00 bits per heavy atom. The fraction of sp³-hybridized carbons (Fsp3) is 0.316. The first kappa shape index (κ1) is 19.0. The van der Waals surface area contributed by atoms with Crippen molar-refractivity contribution in [1.82, 2.24) is 15.1 Å². The Balaban J connectivity index is 1.27. The van der Waals surface area contributed by atoms with Crippen LogP contribution >= 0.6 is 0 Å². The van der Waals surface area contributed by atoms with Crippen molar-refractivity contribution in [3.8, 4) is 28.8 Å². The van der Waals surface area contributed by atoms with Gasteiger partial charge in [-0.2, -0.15) is 0 Å². The highest BCUT2D eigenvalue weighted by Crippen LogP contribution is 2.32. The Labute approximate surface area is 163 Å². The van der Waals surface area contributed by atoms with Gasteiger partial charge in [0.25, 0.3) is 0 Å². The zero-order valence-electron chi connectivity index (χ0n) is 15.2. The van der Waals surface area contributed by atoms with Crippen LogP contribution in [0, 0.1) is 6.92 Å². The summed E-state index contributed by atoms with van der Waals surface area (Å²) >= 11 is 0. The minimum Gasteiger partial charge on any atom is -0.490 e. The van der Waals surface area contributed by atoms with Gasteiger partial charge >= 0.3 is 6.36 Å². The molecule has 0 unspecified atom stereocenters. The lowest BCUT2D eigenvalue weighted by atomic mass is 9.92. The van der Waals surface area contributed by atoms with Gasteiger partial charge in [0.05, 0.1) is 18.1 Å². The molecule has 10 heteroatoms. The minimum absolute atomic E-state index is 0.109. The number of nitrogens with zero attached hydrogens (tertiary/aromatic N) is 3. The van der Waals surface area contributed by atoms with Crippen LogP contribution < -0.4 is 14.2 Å². The second kappa shape index (κ2) is 7.61. The number of benzene rings is 1. The van der Waals surface area contributed by atoms with Gasteiger partial charge in [-0.05, 0) is 19.1 Å². The van der Waals surface area contributed by atoms with Crippen molar-refractivity contribution in [3.05, 3.63) is 48.4 Å². The average Bonchev–Trinajstić information content (AvgIpc) is 3.06. The third-order valence-electron chi connectivity index (χ3n) is 4.19. The summed E-state index contributed by atoms with van der Waals surface area (Å²) < 4.78 is 57.3. The van der Waals surface area contributed by atoms with Crippen molar-refractivity contribution in [3.63, 3.8) is 0 Å².